The smallest absolute Gasteiger partial charge is 0.161 e. The maximum atomic E-state index is 5.66. The Balaban J connectivity index is 2.02. The zero-order chi connectivity index (χ0) is 11.2. The summed E-state index contributed by atoms with van der Waals surface area (Å²) < 4.78 is 11.2. The predicted octanol–water partition coefficient (Wildman–Crippen LogP) is 3.10. The van der Waals surface area contributed by atoms with Gasteiger partial charge in [0.25, 0.3) is 0 Å². The number of aryl methyl sites for hydroxylation is 1. The van der Waals surface area contributed by atoms with Crippen LogP contribution in [0.2, 0.25) is 0 Å². The Morgan fingerprint density at radius 2 is 1.88 bits per heavy atom. The number of fused-ring (bicyclic) bond motifs is 1. The summed E-state index contributed by atoms with van der Waals surface area (Å²) >= 11 is 4.22. The summed E-state index contributed by atoms with van der Waals surface area (Å²) in [7, 11) is 0. The molecule has 0 saturated carbocycles. The van der Waals surface area contributed by atoms with Gasteiger partial charge in [0, 0.05) is 6.42 Å². The molecular formula is C13H18O2S. The summed E-state index contributed by atoms with van der Waals surface area (Å²) in [6, 6.07) is 6.27. The fourth-order valence-corrected chi connectivity index (χ4v) is 2.03. The van der Waals surface area contributed by atoms with E-state index >= 15 is 0 Å². The first-order valence-electron chi connectivity index (χ1n) is 5.89. The first-order chi connectivity index (χ1) is 7.90. The molecule has 0 radical (unpaired) electrons. The molecule has 0 N–H and O–H groups in total. The van der Waals surface area contributed by atoms with Crippen molar-refractivity contribution in [2.24, 2.45) is 0 Å². The highest BCUT2D eigenvalue weighted by atomic mass is 32.1. The monoisotopic (exact) mass is 238 g/mol. The van der Waals surface area contributed by atoms with Gasteiger partial charge < -0.3 is 9.47 Å². The average Bonchev–Trinajstić information content (AvgIpc) is 2.54. The molecule has 0 bridgehead atoms. The Morgan fingerprint density at radius 3 is 2.69 bits per heavy atom. The summed E-state index contributed by atoms with van der Waals surface area (Å²) in [5, 5.41) is 0. The van der Waals surface area contributed by atoms with Gasteiger partial charge in [-0.15, -0.1) is 0 Å². The van der Waals surface area contributed by atoms with Crippen molar-refractivity contribution in [3.05, 3.63) is 23.8 Å². The zero-order valence-electron chi connectivity index (χ0n) is 9.45. The van der Waals surface area contributed by atoms with Crippen molar-refractivity contribution >= 4 is 12.6 Å². The second-order valence-corrected chi connectivity index (χ2v) is 4.46. The van der Waals surface area contributed by atoms with E-state index in [9.17, 15) is 0 Å². The minimum absolute atomic E-state index is 0.756. The number of thiol groups is 1. The lowest BCUT2D eigenvalue weighted by Gasteiger charge is -2.09. The third-order valence-electron chi connectivity index (χ3n) is 2.69. The first kappa shape index (κ1) is 11.6. The van der Waals surface area contributed by atoms with E-state index in [2.05, 4.69) is 24.8 Å². The molecule has 0 unspecified atom stereocenters. The van der Waals surface area contributed by atoms with Crippen LogP contribution in [0.4, 0.5) is 0 Å². The summed E-state index contributed by atoms with van der Waals surface area (Å²) in [5.74, 6) is 2.75. The molecule has 3 heteroatoms. The van der Waals surface area contributed by atoms with Crippen molar-refractivity contribution in [2.75, 3.05) is 19.0 Å². The molecule has 2 rings (SSSR count). The van der Waals surface area contributed by atoms with E-state index in [1.54, 1.807) is 0 Å². The Morgan fingerprint density at radius 1 is 1.06 bits per heavy atom. The van der Waals surface area contributed by atoms with Crippen LogP contribution in [0, 0.1) is 0 Å². The number of hydrogen-bond donors (Lipinski definition) is 1. The van der Waals surface area contributed by atoms with Gasteiger partial charge >= 0.3 is 0 Å². The topological polar surface area (TPSA) is 18.5 Å². The minimum atomic E-state index is 0.756. The third-order valence-corrected chi connectivity index (χ3v) is 3.00. The summed E-state index contributed by atoms with van der Waals surface area (Å²) in [4.78, 5) is 0. The van der Waals surface area contributed by atoms with Gasteiger partial charge in [-0.3, -0.25) is 0 Å². The fourth-order valence-electron chi connectivity index (χ4n) is 1.80. The van der Waals surface area contributed by atoms with Crippen molar-refractivity contribution in [3.63, 3.8) is 0 Å². The van der Waals surface area contributed by atoms with Crippen LogP contribution in [0.3, 0.4) is 0 Å². The average molecular weight is 238 g/mol. The van der Waals surface area contributed by atoms with Gasteiger partial charge in [0.2, 0.25) is 0 Å². The summed E-state index contributed by atoms with van der Waals surface area (Å²) in [6.45, 7) is 1.51. The predicted molar refractivity (Wildman–Crippen MR) is 68.8 cm³/mol. The molecule has 0 amide bonds. The molecule has 2 nitrogen and oxygen atoms in total. The molecular weight excluding hydrogens is 220 g/mol. The van der Waals surface area contributed by atoms with Crippen LogP contribution in [-0.4, -0.2) is 19.0 Å². The lowest BCUT2D eigenvalue weighted by molar-refractivity contribution is 0.297. The zero-order valence-corrected chi connectivity index (χ0v) is 10.3. The largest absolute Gasteiger partial charge is 0.490 e. The molecule has 1 heterocycles. The van der Waals surface area contributed by atoms with E-state index in [0.29, 0.717) is 0 Å². The highest BCUT2D eigenvalue weighted by molar-refractivity contribution is 7.80. The molecule has 0 saturated heterocycles. The first-order valence-corrected chi connectivity index (χ1v) is 6.53. The highest BCUT2D eigenvalue weighted by Crippen LogP contribution is 2.30. The van der Waals surface area contributed by atoms with E-state index in [-0.39, 0.29) is 0 Å². The number of ether oxygens (including phenoxy) is 2. The molecule has 16 heavy (non-hydrogen) atoms. The molecule has 0 atom stereocenters. The molecule has 0 spiro atoms. The van der Waals surface area contributed by atoms with E-state index < -0.39 is 0 Å². The maximum absolute atomic E-state index is 5.66. The van der Waals surface area contributed by atoms with E-state index in [1.807, 2.05) is 6.07 Å². The van der Waals surface area contributed by atoms with Crippen LogP contribution in [0.15, 0.2) is 18.2 Å². The number of benzene rings is 1. The molecule has 0 aromatic heterocycles. The summed E-state index contributed by atoms with van der Waals surface area (Å²) in [5.41, 5.74) is 1.33. The SMILES string of the molecule is SCCCCc1ccc2c(c1)OCCCO2. The normalized spacial score (nSPS) is 14.6. The van der Waals surface area contributed by atoms with Crippen molar-refractivity contribution in [3.8, 4) is 11.5 Å². The standard InChI is InChI=1S/C13H18O2S/c16-9-2-1-4-11-5-6-12-13(10-11)15-8-3-7-14-12/h5-6,10,16H,1-4,7-9H2. The Kier molecular flexibility index (Phi) is 4.40. The third kappa shape index (κ3) is 3.08. The molecule has 1 aliphatic heterocycles. The minimum Gasteiger partial charge on any atom is -0.490 e. The number of hydrogen-bond acceptors (Lipinski definition) is 3. The van der Waals surface area contributed by atoms with E-state index in [1.165, 1.54) is 12.0 Å². The molecule has 0 aliphatic carbocycles. The lowest BCUT2D eigenvalue weighted by atomic mass is 10.1. The van der Waals surface area contributed by atoms with Crippen molar-refractivity contribution < 1.29 is 9.47 Å². The van der Waals surface area contributed by atoms with Crippen LogP contribution in [-0.2, 0) is 6.42 Å². The van der Waals surface area contributed by atoms with Crippen LogP contribution in [0.1, 0.15) is 24.8 Å². The summed E-state index contributed by atoms with van der Waals surface area (Å²) in [6.07, 6.45) is 4.40. The van der Waals surface area contributed by atoms with Gasteiger partial charge in [-0.25, -0.2) is 0 Å². The second kappa shape index (κ2) is 6.04. The van der Waals surface area contributed by atoms with Crippen LogP contribution in [0.5, 0.6) is 11.5 Å². The van der Waals surface area contributed by atoms with Crippen LogP contribution >= 0.6 is 12.6 Å². The fraction of sp³-hybridized carbons (Fsp3) is 0.538. The lowest BCUT2D eigenvalue weighted by Crippen LogP contribution is -1.97. The van der Waals surface area contributed by atoms with Gasteiger partial charge in [0.05, 0.1) is 13.2 Å². The Labute approximate surface area is 102 Å². The van der Waals surface area contributed by atoms with Gasteiger partial charge in [0.1, 0.15) is 0 Å². The van der Waals surface area contributed by atoms with E-state index in [0.717, 1.165) is 49.7 Å². The van der Waals surface area contributed by atoms with Gasteiger partial charge in [-0.1, -0.05) is 6.07 Å². The molecule has 1 aromatic carbocycles. The maximum Gasteiger partial charge on any atom is 0.161 e. The molecule has 0 fully saturated rings. The molecule has 88 valence electrons. The highest BCUT2D eigenvalue weighted by Gasteiger charge is 2.10. The van der Waals surface area contributed by atoms with E-state index in [4.69, 9.17) is 9.47 Å². The second-order valence-electron chi connectivity index (χ2n) is 4.01. The van der Waals surface area contributed by atoms with Crippen LogP contribution in [0.25, 0.3) is 0 Å². The quantitative estimate of drug-likeness (QED) is 0.642. The number of unbranched alkanes of at least 4 members (excludes halogenated alkanes) is 1. The van der Waals surface area contributed by atoms with Crippen molar-refractivity contribution in [1.29, 1.82) is 0 Å². The Bertz CT molecular complexity index is 339. The van der Waals surface area contributed by atoms with Crippen molar-refractivity contribution in [1.82, 2.24) is 0 Å². The Hall–Kier alpha value is -0.830. The molecule has 1 aromatic rings. The number of rotatable bonds is 4. The van der Waals surface area contributed by atoms with Gasteiger partial charge in [-0.05, 0) is 42.7 Å². The van der Waals surface area contributed by atoms with Gasteiger partial charge in [-0.2, -0.15) is 12.6 Å². The van der Waals surface area contributed by atoms with Gasteiger partial charge in [0.15, 0.2) is 11.5 Å². The molecule has 1 aliphatic rings. The van der Waals surface area contributed by atoms with Crippen LogP contribution < -0.4 is 9.47 Å². The van der Waals surface area contributed by atoms with Crippen molar-refractivity contribution in [2.45, 2.75) is 25.7 Å².